The molecule has 4 aromatic heterocycles. The van der Waals surface area contributed by atoms with Crippen LogP contribution in [0.1, 0.15) is 17.1 Å². The number of pyridine rings is 2. The third kappa shape index (κ3) is 3.44. The van der Waals surface area contributed by atoms with E-state index in [2.05, 4.69) is 43.9 Å². The fraction of sp³-hybridized carbons (Fsp3) is 0.0400. The number of fused-ring (bicyclic) bond motifs is 1. The summed E-state index contributed by atoms with van der Waals surface area (Å²) in [6.45, 7) is 5.86. The third-order valence-corrected chi connectivity index (χ3v) is 5.17. The van der Waals surface area contributed by atoms with Gasteiger partial charge in [-0.05, 0) is 54.4 Å². The molecule has 0 saturated heterocycles. The second kappa shape index (κ2) is 7.84. The molecule has 0 spiro atoms. The lowest BCUT2D eigenvalue weighted by molar-refractivity contribution is 1.10. The molecule has 0 aliphatic carbocycles. The molecule has 0 fully saturated rings. The number of imidazole rings is 1. The Morgan fingerprint density at radius 2 is 1.87 bits per heavy atom. The van der Waals surface area contributed by atoms with Crippen LogP contribution in [-0.2, 0) is 0 Å². The van der Waals surface area contributed by atoms with Crippen molar-refractivity contribution in [3.63, 3.8) is 0 Å². The molecule has 0 aliphatic heterocycles. The molecule has 4 heterocycles. The van der Waals surface area contributed by atoms with E-state index >= 15 is 0 Å². The minimum Gasteiger partial charge on any atom is -0.340 e. The first-order chi connectivity index (χ1) is 15.2. The van der Waals surface area contributed by atoms with Gasteiger partial charge in [0.25, 0.3) is 0 Å². The molecular formula is C25H20N6. The Morgan fingerprint density at radius 1 is 1.00 bits per heavy atom. The van der Waals surface area contributed by atoms with Crippen LogP contribution in [0.15, 0.2) is 85.9 Å². The molecule has 1 aromatic carbocycles. The number of nitrogens with zero attached hydrogens (tertiary/aromatic N) is 4. The molecule has 6 heteroatoms. The zero-order valence-corrected chi connectivity index (χ0v) is 17.0. The lowest BCUT2D eigenvalue weighted by atomic mass is 10.0. The van der Waals surface area contributed by atoms with Gasteiger partial charge in [0.2, 0.25) is 0 Å². The SMILES string of the molecule is C=C/C=C(/c1ccccn1)c1nc(-c2n[nH]c3ccc(-c4ccncc4)cc23)[nH]c1C. The molecule has 0 aliphatic rings. The quantitative estimate of drug-likeness (QED) is 0.388. The van der Waals surface area contributed by atoms with Crippen LogP contribution in [-0.4, -0.2) is 30.1 Å². The second-order valence-electron chi connectivity index (χ2n) is 7.16. The van der Waals surface area contributed by atoms with Crippen molar-refractivity contribution in [2.75, 3.05) is 0 Å². The normalized spacial score (nSPS) is 11.7. The van der Waals surface area contributed by atoms with Gasteiger partial charge in [-0.15, -0.1) is 0 Å². The van der Waals surface area contributed by atoms with Crippen molar-refractivity contribution in [1.82, 2.24) is 30.1 Å². The first-order valence-electron chi connectivity index (χ1n) is 9.94. The van der Waals surface area contributed by atoms with Crippen molar-refractivity contribution in [3.05, 3.63) is 103 Å². The Morgan fingerprint density at radius 3 is 2.65 bits per heavy atom. The van der Waals surface area contributed by atoms with Crippen LogP contribution in [0.4, 0.5) is 0 Å². The monoisotopic (exact) mass is 404 g/mol. The summed E-state index contributed by atoms with van der Waals surface area (Å²) in [5, 5.41) is 8.66. The molecule has 31 heavy (non-hydrogen) atoms. The van der Waals surface area contributed by atoms with Gasteiger partial charge in [0.1, 0.15) is 5.69 Å². The molecule has 0 saturated carbocycles. The fourth-order valence-electron chi connectivity index (χ4n) is 3.68. The molecular weight excluding hydrogens is 384 g/mol. The lowest BCUT2D eigenvalue weighted by Gasteiger charge is -2.04. The topological polar surface area (TPSA) is 83.1 Å². The highest BCUT2D eigenvalue weighted by atomic mass is 15.1. The Bertz CT molecular complexity index is 1390. The zero-order valence-electron chi connectivity index (χ0n) is 17.0. The van der Waals surface area contributed by atoms with Crippen LogP contribution < -0.4 is 0 Å². The number of benzene rings is 1. The largest absolute Gasteiger partial charge is 0.340 e. The van der Waals surface area contributed by atoms with E-state index in [1.807, 2.05) is 49.4 Å². The Kier molecular flexibility index (Phi) is 4.72. The number of rotatable bonds is 5. The van der Waals surface area contributed by atoms with Crippen LogP contribution in [0.25, 0.3) is 39.1 Å². The van der Waals surface area contributed by atoms with E-state index in [1.165, 1.54) is 0 Å². The van der Waals surface area contributed by atoms with E-state index < -0.39 is 0 Å². The van der Waals surface area contributed by atoms with E-state index in [9.17, 15) is 0 Å². The molecule has 0 atom stereocenters. The average molecular weight is 404 g/mol. The minimum atomic E-state index is 0.705. The number of allylic oxidation sites excluding steroid dienone is 2. The summed E-state index contributed by atoms with van der Waals surface area (Å²) in [6.07, 6.45) is 9.05. The van der Waals surface area contributed by atoms with Gasteiger partial charge in [-0.3, -0.25) is 15.1 Å². The van der Waals surface area contributed by atoms with E-state index in [0.29, 0.717) is 5.82 Å². The molecule has 150 valence electrons. The summed E-state index contributed by atoms with van der Waals surface area (Å²) in [5.74, 6) is 0.705. The van der Waals surface area contributed by atoms with Crippen molar-refractivity contribution in [2.24, 2.45) is 0 Å². The first-order valence-corrected chi connectivity index (χ1v) is 9.94. The smallest absolute Gasteiger partial charge is 0.159 e. The summed E-state index contributed by atoms with van der Waals surface area (Å²) >= 11 is 0. The van der Waals surface area contributed by atoms with Crippen molar-refractivity contribution in [1.29, 1.82) is 0 Å². The number of aromatic amines is 2. The highest BCUT2D eigenvalue weighted by Gasteiger charge is 2.18. The number of aryl methyl sites for hydroxylation is 1. The highest BCUT2D eigenvalue weighted by Crippen LogP contribution is 2.31. The third-order valence-electron chi connectivity index (χ3n) is 5.17. The molecule has 0 amide bonds. The summed E-state index contributed by atoms with van der Waals surface area (Å²) in [7, 11) is 0. The summed E-state index contributed by atoms with van der Waals surface area (Å²) in [6, 6.07) is 16.1. The molecule has 5 aromatic rings. The molecule has 0 radical (unpaired) electrons. The van der Waals surface area contributed by atoms with Gasteiger partial charge in [0.15, 0.2) is 5.82 Å². The van der Waals surface area contributed by atoms with Gasteiger partial charge in [-0.25, -0.2) is 4.98 Å². The molecule has 5 rings (SSSR count). The second-order valence-corrected chi connectivity index (χ2v) is 7.16. The van der Waals surface area contributed by atoms with Crippen LogP contribution in [0.3, 0.4) is 0 Å². The van der Waals surface area contributed by atoms with E-state index in [0.717, 1.165) is 50.4 Å². The average Bonchev–Trinajstić information content (AvgIpc) is 3.41. The predicted molar refractivity (Wildman–Crippen MR) is 123 cm³/mol. The summed E-state index contributed by atoms with van der Waals surface area (Å²) in [4.78, 5) is 16.9. The van der Waals surface area contributed by atoms with Crippen molar-refractivity contribution in [2.45, 2.75) is 6.92 Å². The maximum atomic E-state index is 4.90. The van der Waals surface area contributed by atoms with E-state index in [4.69, 9.17) is 4.98 Å². The van der Waals surface area contributed by atoms with Crippen molar-refractivity contribution < 1.29 is 0 Å². The highest BCUT2D eigenvalue weighted by molar-refractivity contribution is 5.94. The van der Waals surface area contributed by atoms with Gasteiger partial charge < -0.3 is 4.98 Å². The summed E-state index contributed by atoms with van der Waals surface area (Å²) in [5.41, 5.74) is 7.45. The van der Waals surface area contributed by atoms with Gasteiger partial charge in [0.05, 0.1) is 16.9 Å². The molecule has 0 bridgehead atoms. The summed E-state index contributed by atoms with van der Waals surface area (Å²) < 4.78 is 0. The fourth-order valence-corrected chi connectivity index (χ4v) is 3.68. The van der Waals surface area contributed by atoms with E-state index in [-0.39, 0.29) is 0 Å². The van der Waals surface area contributed by atoms with E-state index in [1.54, 1.807) is 24.7 Å². The number of H-pyrrole nitrogens is 2. The van der Waals surface area contributed by atoms with Crippen LogP contribution in [0.2, 0.25) is 0 Å². The number of nitrogens with one attached hydrogen (secondary N) is 2. The lowest BCUT2D eigenvalue weighted by Crippen LogP contribution is -1.93. The maximum Gasteiger partial charge on any atom is 0.159 e. The minimum absolute atomic E-state index is 0.705. The van der Waals surface area contributed by atoms with Gasteiger partial charge in [-0.1, -0.05) is 30.9 Å². The predicted octanol–water partition coefficient (Wildman–Crippen LogP) is 5.34. The Labute approximate surface area is 179 Å². The standard InChI is InChI=1S/C25H20N6/c1-3-6-19(21-7-4-5-12-27-21)23-16(2)28-25(29-23)24-20-15-18(8-9-22(20)30-31-24)17-10-13-26-14-11-17/h3-15H,1H2,2H3,(H,28,29)(H,30,31)/b19-6-. The Balaban J connectivity index is 1.62. The number of hydrogen-bond donors (Lipinski definition) is 2. The van der Waals surface area contributed by atoms with Gasteiger partial charge in [-0.2, -0.15) is 5.10 Å². The van der Waals surface area contributed by atoms with Crippen LogP contribution in [0, 0.1) is 6.92 Å². The van der Waals surface area contributed by atoms with Gasteiger partial charge >= 0.3 is 0 Å². The van der Waals surface area contributed by atoms with Crippen LogP contribution in [0.5, 0.6) is 0 Å². The number of hydrogen-bond acceptors (Lipinski definition) is 4. The number of aromatic nitrogens is 6. The molecule has 6 nitrogen and oxygen atoms in total. The first kappa shape index (κ1) is 18.7. The Hall–Kier alpha value is -4.32. The zero-order chi connectivity index (χ0) is 21.2. The van der Waals surface area contributed by atoms with Crippen molar-refractivity contribution >= 4 is 16.5 Å². The molecule has 0 unspecified atom stereocenters. The maximum absolute atomic E-state index is 4.90. The molecule has 2 N–H and O–H groups in total. The van der Waals surface area contributed by atoms with Gasteiger partial charge in [0, 0.05) is 35.2 Å². The van der Waals surface area contributed by atoms with Crippen LogP contribution >= 0.6 is 0 Å². The van der Waals surface area contributed by atoms with Crippen molar-refractivity contribution in [3.8, 4) is 22.6 Å².